The lowest BCUT2D eigenvalue weighted by Gasteiger charge is -2.07. The van der Waals surface area contributed by atoms with Crippen LogP contribution in [0.25, 0.3) is 6.08 Å². The van der Waals surface area contributed by atoms with E-state index in [1.807, 2.05) is 19.9 Å². The van der Waals surface area contributed by atoms with Crippen molar-refractivity contribution >= 4 is 23.5 Å². The summed E-state index contributed by atoms with van der Waals surface area (Å²) in [4.78, 5) is 34.7. The van der Waals surface area contributed by atoms with Crippen LogP contribution in [-0.4, -0.2) is 27.8 Å². The second kappa shape index (κ2) is 7.57. The van der Waals surface area contributed by atoms with Crippen LogP contribution in [0, 0.1) is 24.0 Å². The summed E-state index contributed by atoms with van der Waals surface area (Å²) in [6.45, 7) is 3.49. The van der Waals surface area contributed by atoms with E-state index in [0.717, 1.165) is 30.3 Å². The van der Waals surface area contributed by atoms with Crippen LogP contribution in [0.1, 0.15) is 46.2 Å². The Bertz CT molecular complexity index is 938. The Morgan fingerprint density at radius 3 is 2.67 bits per heavy atom. The first-order valence-electron chi connectivity index (χ1n) is 8.68. The van der Waals surface area contributed by atoms with Crippen molar-refractivity contribution in [3.63, 3.8) is 0 Å². The molecule has 0 atom stereocenters. The normalized spacial score (nSPS) is 13.7. The fourth-order valence-corrected chi connectivity index (χ4v) is 3.17. The SMILES string of the molecule is Cc1cc(C(=O)COC(=O)/C=C/c2ccccc2[N+](=O)[O-])c(C)n1C1CC1. The number of esters is 1. The predicted molar refractivity (Wildman–Crippen MR) is 99.6 cm³/mol. The zero-order chi connectivity index (χ0) is 19.6. The summed E-state index contributed by atoms with van der Waals surface area (Å²) >= 11 is 0. The lowest BCUT2D eigenvalue weighted by atomic mass is 10.1. The lowest BCUT2D eigenvalue weighted by Crippen LogP contribution is -2.13. The molecule has 3 rings (SSSR count). The monoisotopic (exact) mass is 368 g/mol. The minimum Gasteiger partial charge on any atom is -0.454 e. The highest BCUT2D eigenvalue weighted by atomic mass is 16.6. The number of Topliss-reactive ketones (excluding diaryl/α,β-unsaturated/α-hetero) is 1. The number of ether oxygens (including phenoxy) is 1. The van der Waals surface area contributed by atoms with E-state index in [1.54, 1.807) is 12.1 Å². The standard InChI is InChI=1S/C20H20N2O5/c1-13-11-17(14(2)21(13)16-8-9-16)19(23)12-27-20(24)10-7-15-5-3-4-6-18(15)22(25)26/h3-7,10-11,16H,8-9,12H2,1-2H3/b10-7+. The highest BCUT2D eigenvalue weighted by Gasteiger charge is 2.28. The molecular formula is C20H20N2O5. The van der Waals surface area contributed by atoms with Gasteiger partial charge in [0.1, 0.15) is 0 Å². The summed E-state index contributed by atoms with van der Waals surface area (Å²) < 4.78 is 7.16. The number of benzene rings is 1. The van der Waals surface area contributed by atoms with E-state index in [-0.39, 0.29) is 18.1 Å². The Kier molecular flexibility index (Phi) is 5.21. The molecule has 7 heteroatoms. The maximum atomic E-state index is 12.4. The van der Waals surface area contributed by atoms with Crippen LogP contribution in [-0.2, 0) is 9.53 Å². The molecule has 0 spiro atoms. The smallest absolute Gasteiger partial charge is 0.331 e. The number of hydrogen-bond acceptors (Lipinski definition) is 5. The minimum atomic E-state index is -0.725. The van der Waals surface area contributed by atoms with E-state index in [4.69, 9.17) is 4.74 Å². The first-order chi connectivity index (χ1) is 12.9. The van der Waals surface area contributed by atoms with Crippen LogP contribution >= 0.6 is 0 Å². The third-order valence-corrected chi connectivity index (χ3v) is 4.57. The summed E-state index contributed by atoms with van der Waals surface area (Å²) in [6.07, 6.45) is 4.64. The molecule has 0 aliphatic heterocycles. The molecule has 0 saturated heterocycles. The molecule has 1 fully saturated rings. The first kappa shape index (κ1) is 18.6. The average Bonchev–Trinajstić information content (AvgIpc) is 3.42. The molecular weight excluding hydrogens is 348 g/mol. The van der Waals surface area contributed by atoms with Crippen LogP contribution < -0.4 is 0 Å². The van der Waals surface area contributed by atoms with Crippen molar-refractivity contribution in [3.8, 4) is 0 Å². The van der Waals surface area contributed by atoms with Crippen molar-refractivity contribution in [3.05, 3.63) is 69.0 Å². The van der Waals surface area contributed by atoms with E-state index >= 15 is 0 Å². The quantitative estimate of drug-likeness (QED) is 0.244. The van der Waals surface area contributed by atoms with Gasteiger partial charge < -0.3 is 9.30 Å². The maximum Gasteiger partial charge on any atom is 0.331 e. The van der Waals surface area contributed by atoms with Gasteiger partial charge in [-0.2, -0.15) is 0 Å². The van der Waals surface area contributed by atoms with Crippen LogP contribution in [0.2, 0.25) is 0 Å². The Morgan fingerprint density at radius 1 is 1.30 bits per heavy atom. The Morgan fingerprint density at radius 2 is 2.00 bits per heavy atom. The fourth-order valence-electron chi connectivity index (χ4n) is 3.17. The van der Waals surface area contributed by atoms with Crippen molar-refractivity contribution in [1.82, 2.24) is 4.57 Å². The fraction of sp³-hybridized carbons (Fsp3) is 0.300. The number of carbonyl (C=O) groups excluding carboxylic acids is 2. The molecule has 140 valence electrons. The van der Waals surface area contributed by atoms with E-state index in [2.05, 4.69) is 4.57 Å². The highest BCUT2D eigenvalue weighted by Crippen LogP contribution is 2.38. The average molecular weight is 368 g/mol. The molecule has 27 heavy (non-hydrogen) atoms. The number of nitro benzene ring substituents is 1. The van der Waals surface area contributed by atoms with Gasteiger partial charge in [0.2, 0.25) is 5.78 Å². The Hall–Kier alpha value is -3.22. The second-order valence-corrected chi connectivity index (χ2v) is 6.57. The van der Waals surface area contributed by atoms with E-state index in [0.29, 0.717) is 17.2 Å². The first-order valence-corrected chi connectivity index (χ1v) is 8.68. The molecule has 1 heterocycles. The van der Waals surface area contributed by atoms with Crippen molar-refractivity contribution in [1.29, 1.82) is 0 Å². The molecule has 0 radical (unpaired) electrons. The number of nitrogens with zero attached hydrogens (tertiary/aromatic N) is 2. The van der Waals surface area contributed by atoms with Gasteiger partial charge >= 0.3 is 5.97 Å². The summed E-state index contributed by atoms with van der Waals surface area (Å²) in [5.74, 6) is -0.986. The largest absolute Gasteiger partial charge is 0.454 e. The Balaban J connectivity index is 1.62. The van der Waals surface area contributed by atoms with Crippen LogP contribution in [0.15, 0.2) is 36.4 Å². The van der Waals surface area contributed by atoms with Gasteiger partial charge in [0.25, 0.3) is 5.69 Å². The van der Waals surface area contributed by atoms with Gasteiger partial charge in [0, 0.05) is 35.1 Å². The number of hydrogen-bond donors (Lipinski definition) is 0. The summed E-state index contributed by atoms with van der Waals surface area (Å²) in [7, 11) is 0. The number of carbonyl (C=O) groups is 2. The van der Waals surface area contributed by atoms with Crippen molar-refractivity contribution < 1.29 is 19.2 Å². The van der Waals surface area contributed by atoms with Gasteiger partial charge in [-0.3, -0.25) is 14.9 Å². The third-order valence-electron chi connectivity index (χ3n) is 4.57. The number of para-hydroxylation sites is 1. The zero-order valence-corrected chi connectivity index (χ0v) is 15.2. The molecule has 0 amide bonds. The van der Waals surface area contributed by atoms with Crippen LogP contribution in [0.3, 0.4) is 0 Å². The topological polar surface area (TPSA) is 91.4 Å². The summed E-state index contributed by atoms with van der Waals surface area (Å²) in [5.41, 5.74) is 2.67. The van der Waals surface area contributed by atoms with Crippen LogP contribution in [0.5, 0.6) is 0 Å². The van der Waals surface area contributed by atoms with Gasteiger partial charge in [0.15, 0.2) is 6.61 Å². The summed E-state index contributed by atoms with van der Waals surface area (Å²) in [5, 5.41) is 11.0. The molecule has 0 N–H and O–H groups in total. The molecule has 1 saturated carbocycles. The summed E-state index contributed by atoms with van der Waals surface area (Å²) in [6, 6.07) is 8.36. The molecule has 0 unspecified atom stereocenters. The number of aromatic nitrogens is 1. The zero-order valence-electron chi connectivity index (χ0n) is 15.2. The maximum absolute atomic E-state index is 12.4. The molecule has 1 aromatic carbocycles. The molecule has 1 aliphatic rings. The van der Waals surface area contributed by atoms with E-state index < -0.39 is 10.9 Å². The van der Waals surface area contributed by atoms with Crippen molar-refractivity contribution in [2.24, 2.45) is 0 Å². The molecule has 2 aromatic rings. The van der Waals surface area contributed by atoms with Crippen LogP contribution in [0.4, 0.5) is 5.69 Å². The van der Waals surface area contributed by atoms with Gasteiger partial charge in [-0.25, -0.2) is 4.79 Å². The van der Waals surface area contributed by atoms with E-state index in [9.17, 15) is 19.7 Å². The number of ketones is 1. The van der Waals surface area contributed by atoms with Gasteiger partial charge in [0.05, 0.1) is 10.5 Å². The molecule has 1 aromatic heterocycles. The van der Waals surface area contributed by atoms with Gasteiger partial charge in [-0.1, -0.05) is 12.1 Å². The predicted octanol–water partition coefficient (Wildman–Crippen LogP) is 3.79. The third kappa shape index (κ3) is 4.13. The Labute approximate surface area is 156 Å². The molecule has 0 bridgehead atoms. The second-order valence-electron chi connectivity index (χ2n) is 6.57. The number of rotatable bonds is 7. The van der Waals surface area contributed by atoms with Crippen molar-refractivity contribution in [2.75, 3.05) is 6.61 Å². The minimum absolute atomic E-state index is 0.106. The highest BCUT2D eigenvalue weighted by molar-refractivity contribution is 6.00. The number of nitro groups is 1. The van der Waals surface area contributed by atoms with Gasteiger partial charge in [-0.15, -0.1) is 0 Å². The molecule has 1 aliphatic carbocycles. The molecule has 7 nitrogen and oxygen atoms in total. The van der Waals surface area contributed by atoms with E-state index in [1.165, 1.54) is 18.2 Å². The lowest BCUT2D eigenvalue weighted by molar-refractivity contribution is -0.385. The van der Waals surface area contributed by atoms with Crippen molar-refractivity contribution in [2.45, 2.75) is 32.7 Å². The number of aryl methyl sites for hydroxylation is 1. The van der Waals surface area contributed by atoms with Gasteiger partial charge in [-0.05, 0) is 44.9 Å².